The summed E-state index contributed by atoms with van der Waals surface area (Å²) in [5.74, 6) is -0.0932. The van der Waals surface area contributed by atoms with Gasteiger partial charge >= 0.3 is 0 Å². The molecule has 1 atom stereocenters. The van der Waals surface area contributed by atoms with E-state index in [2.05, 4.69) is 5.10 Å². The molecule has 0 N–H and O–H groups in total. The Kier molecular flexibility index (Phi) is 4.39. The number of rotatable bonds is 4. The Labute approximate surface area is 120 Å². The quantitative estimate of drug-likeness (QED) is 0.870. The molecule has 6 heteroatoms. The van der Waals surface area contributed by atoms with Gasteiger partial charge in [0.05, 0.1) is 6.20 Å². The van der Waals surface area contributed by atoms with Crippen LogP contribution in [-0.2, 0) is 6.54 Å². The fraction of sp³-hybridized carbons (Fsp3) is 0.286. The lowest BCUT2D eigenvalue weighted by molar-refractivity contribution is 0.224. The molecule has 1 aromatic carbocycles. The highest BCUT2D eigenvalue weighted by Gasteiger charge is 2.14. The van der Waals surface area contributed by atoms with Crippen molar-refractivity contribution in [3.63, 3.8) is 0 Å². The smallest absolute Gasteiger partial charge is 0.289 e. The van der Waals surface area contributed by atoms with Gasteiger partial charge in [0.25, 0.3) is 5.56 Å². The molecule has 0 saturated carbocycles. The summed E-state index contributed by atoms with van der Waals surface area (Å²) in [6, 6.07) is 5.94. The monoisotopic (exact) mass is 296 g/mol. The molecule has 0 radical (unpaired) electrons. The summed E-state index contributed by atoms with van der Waals surface area (Å²) in [4.78, 5) is 11.8. The number of ether oxygens (including phenoxy) is 1. The molecular formula is C14H14ClFN2O2. The summed E-state index contributed by atoms with van der Waals surface area (Å²) in [6.45, 7) is 4.02. The van der Waals surface area contributed by atoms with E-state index in [1.54, 1.807) is 26.0 Å². The van der Waals surface area contributed by atoms with E-state index in [-0.39, 0.29) is 22.7 Å². The van der Waals surface area contributed by atoms with Gasteiger partial charge in [0.15, 0.2) is 10.8 Å². The fourth-order valence-electron chi connectivity index (χ4n) is 1.75. The Morgan fingerprint density at radius 2 is 2.05 bits per heavy atom. The Morgan fingerprint density at radius 1 is 1.40 bits per heavy atom. The molecule has 4 nitrogen and oxygen atoms in total. The average molecular weight is 297 g/mol. The first-order valence-corrected chi connectivity index (χ1v) is 6.58. The van der Waals surface area contributed by atoms with E-state index >= 15 is 0 Å². The number of benzene rings is 1. The van der Waals surface area contributed by atoms with E-state index in [0.717, 1.165) is 5.56 Å². The molecule has 1 heterocycles. The van der Waals surface area contributed by atoms with Crippen molar-refractivity contribution in [2.75, 3.05) is 0 Å². The van der Waals surface area contributed by atoms with E-state index in [1.807, 2.05) is 0 Å². The predicted octanol–water partition coefficient (Wildman–Crippen LogP) is 3.20. The van der Waals surface area contributed by atoms with Gasteiger partial charge in [0.1, 0.15) is 11.9 Å². The standard InChI is InChI=1S/C14H14ClFN2O2/c1-3-18-14(19)13(15)12(8-17-18)20-9(2)10-4-6-11(16)7-5-10/h4-9H,3H2,1-2H3. The van der Waals surface area contributed by atoms with Crippen LogP contribution in [0.25, 0.3) is 0 Å². The number of aromatic nitrogens is 2. The van der Waals surface area contributed by atoms with Crippen LogP contribution in [0.4, 0.5) is 4.39 Å². The van der Waals surface area contributed by atoms with Crippen molar-refractivity contribution in [3.8, 4) is 5.75 Å². The molecule has 2 aromatic rings. The number of halogens is 2. The highest BCUT2D eigenvalue weighted by molar-refractivity contribution is 6.31. The first kappa shape index (κ1) is 14.5. The van der Waals surface area contributed by atoms with Crippen LogP contribution in [0.15, 0.2) is 35.3 Å². The molecule has 106 valence electrons. The highest BCUT2D eigenvalue weighted by Crippen LogP contribution is 2.25. The SMILES string of the molecule is CCn1ncc(OC(C)c2ccc(F)cc2)c(Cl)c1=O. The van der Waals surface area contributed by atoms with Crippen LogP contribution in [0.3, 0.4) is 0 Å². The van der Waals surface area contributed by atoms with E-state index in [4.69, 9.17) is 16.3 Å². The van der Waals surface area contributed by atoms with Gasteiger partial charge in [-0.3, -0.25) is 4.79 Å². The number of hydrogen-bond acceptors (Lipinski definition) is 3. The Hall–Kier alpha value is -1.88. The minimum Gasteiger partial charge on any atom is -0.483 e. The molecule has 20 heavy (non-hydrogen) atoms. The van der Waals surface area contributed by atoms with Gasteiger partial charge in [-0.25, -0.2) is 9.07 Å². The molecule has 0 fully saturated rings. The van der Waals surface area contributed by atoms with Crippen molar-refractivity contribution in [2.24, 2.45) is 0 Å². The van der Waals surface area contributed by atoms with Crippen LogP contribution in [-0.4, -0.2) is 9.78 Å². The highest BCUT2D eigenvalue weighted by atomic mass is 35.5. The zero-order valence-electron chi connectivity index (χ0n) is 11.1. The van der Waals surface area contributed by atoms with Gasteiger partial charge in [-0.05, 0) is 31.5 Å². The van der Waals surface area contributed by atoms with E-state index in [0.29, 0.717) is 6.54 Å². The average Bonchev–Trinajstić information content (AvgIpc) is 2.45. The van der Waals surface area contributed by atoms with Crippen LogP contribution in [0.5, 0.6) is 5.75 Å². The second-order valence-corrected chi connectivity index (χ2v) is 4.63. The summed E-state index contributed by atoms with van der Waals surface area (Å²) in [6.07, 6.45) is 1.04. The molecule has 0 bridgehead atoms. The Bertz CT molecular complexity index is 655. The largest absolute Gasteiger partial charge is 0.483 e. The van der Waals surface area contributed by atoms with Crippen LogP contribution >= 0.6 is 11.6 Å². The third-order valence-electron chi connectivity index (χ3n) is 2.90. The van der Waals surface area contributed by atoms with E-state index in [9.17, 15) is 9.18 Å². The van der Waals surface area contributed by atoms with Crippen LogP contribution < -0.4 is 10.3 Å². The Morgan fingerprint density at radius 3 is 2.65 bits per heavy atom. The summed E-state index contributed by atoms with van der Waals surface area (Å²) in [5.41, 5.74) is 0.389. The molecule has 2 rings (SSSR count). The normalized spacial score (nSPS) is 12.2. The van der Waals surface area contributed by atoms with Crippen molar-refractivity contribution >= 4 is 11.6 Å². The molecule has 1 unspecified atom stereocenters. The summed E-state index contributed by atoms with van der Waals surface area (Å²) in [7, 11) is 0. The molecule has 0 aliphatic rings. The minimum atomic E-state index is -0.391. The molecule has 0 spiro atoms. The maximum absolute atomic E-state index is 12.9. The maximum Gasteiger partial charge on any atom is 0.289 e. The fourth-order valence-corrected chi connectivity index (χ4v) is 1.94. The molecule has 0 amide bonds. The van der Waals surface area contributed by atoms with Gasteiger partial charge < -0.3 is 4.74 Å². The Balaban J connectivity index is 2.24. The summed E-state index contributed by atoms with van der Waals surface area (Å²) in [5, 5.41) is 3.95. The van der Waals surface area contributed by atoms with Crippen molar-refractivity contribution in [1.82, 2.24) is 9.78 Å². The van der Waals surface area contributed by atoms with Crippen LogP contribution in [0.2, 0.25) is 5.02 Å². The minimum absolute atomic E-state index is 0.00388. The lowest BCUT2D eigenvalue weighted by Crippen LogP contribution is -2.23. The number of nitrogens with zero attached hydrogens (tertiary/aromatic N) is 2. The zero-order chi connectivity index (χ0) is 14.7. The van der Waals surface area contributed by atoms with Crippen molar-refractivity contribution in [2.45, 2.75) is 26.5 Å². The van der Waals surface area contributed by atoms with Crippen LogP contribution in [0, 0.1) is 5.82 Å². The third kappa shape index (κ3) is 2.99. The van der Waals surface area contributed by atoms with Crippen molar-refractivity contribution < 1.29 is 9.13 Å². The van der Waals surface area contributed by atoms with E-state index in [1.165, 1.54) is 23.0 Å². The van der Waals surface area contributed by atoms with Gasteiger partial charge in [-0.2, -0.15) is 5.10 Å². The molecule has 0 saturated heterocycles. The van der Waals surface area contributed by atoms with Gasteiger partial charge in [0, 0.05) is 6.54 Å². The van der Waals surface area contributed by atoms with Crippen molar-refractivity contribution in [3.05, 3.63) is 57.2 Å². The molecule has 0 aliphatic heterocycles. The topological polar surface area (TPSA) is 44.1 Å². The number of aryl methyl sites for hydroxylation is 1. The summed E-state index contributed by atoms with van der Waals surface area (Å²) < 4.78 is 19.7. The molecule has 1 aromatic heterocycles. The zero-order valence-corrected chi connectivity index (χ0v) is 11.9. The van der Waals surface area contributed by atoms with Crippen LogP contribution in [0.1, 0.15) is 25.5 Å². The third-order valence-corrected chi connectivity index (χ3v) is 3.24. The van der Waals surface area contributed by atoms with E-state index < -0.39 is 5.56 Å². The lowest BCUT2D eigenvalue weighted by atomic mass is 10.1. The molecular weight excluding hydrogens is 283 g/mol. The lowest BCUT2D eigenvalue weighted by Gasteiger charge is -2.16. The first-order chi connectivity index (χ1) is 9.52. The first-order valence-electron chi connectivity index (χ1n) is 6.20. The van der Waals surface area contributed by atoms with Gasteiger partial charge in [0.2, 0.25) is 0 Å². The maximum atomic E-state index is 12.9. The van der Waals surface area contributed by atoms with Crippen molar-refractivity contribution in [1.29, 1.82) is 0 Å². The second-order valence-electron chi connectivity index (χ2n) is 4.26. The number of hydrogen-bond donors (Lipinski definition) is 0. The second kappa shape index (κ2) is 6.05. The summed E-state index contributed by atoms with van der Waals surface area (Å²) >= 11 is 5.98. The van der Waals surface area contributed by atoms with Gasteiger partial charge in [-0.15, -0.1) is 0 Å². The van der Waals surface area contributed by atoms with Gasteiger partial charge in [-0.1, -0.05) is 23.7 Å². The molecule has 0 aliphatic carbocycles. The predicted molar refractivity (Wildman–Crippen MR) is 74.6 cm³/mol.